The van der Waals surface area contributed by atoms with E-state index in [0.29, 0.717) is 42.2 Å². The molecule has 1 fully saturated rings. The zero-order valence-corrected chi connectivity index (χ0v) is 14.6. The summed E-state index contributed by atoms with van der Waals surface area (Å²) < 4.78 is 0. The van der Waals surface area contributed by atoms with E-state index in [1.54, 1.807) is 18.2 Å². The zero-order valence-electron chi connectivity index (χ0n) is 14.6. The number of nitrogens with one attached hydrogen (secondary N) is 2. The SMILES string of the molecule is C[C@@H](CN)CNCc1cccc2c1C(=O)N(C1CCC(=O)NC1=O)C2=O. The van der Waals surface area contributed by atoms with Crippen LogP contribution in [0.25, 0.3) is 0 Å². The van der Waals surface area contributed by atoms with Crippen LogP contribution in [0.1, 0.15) is 46.0 Å². The summed E-state index contributed by atoms with van der Waals surface area (Å²) in [6.07, 6.45) is 0.257. The highest BCUT2D eigenvalue weighted by Crippen LogP contribution is 2.29. The van der Waals surface area contributed by atoms with E-state index in [-0.39, 0.29) is 18.7 Å². The molecule has 4 amide bonds. The molecule has 0 bridgehead atoms. The molecule has 0 radical (unpaired) electrons. The van der Waals surface area contributed by atoms with Crippen LogP contribution in [0.4, 0.5) is 0 Å². The van der Waals surface area contributed by atoms with E-state index in [0.717, 1.165) is 4.90 Å². The van der Waals surface area contributed by atoms with Crippen molar-refractivity contribution in [2.45, 2.75) is 32.4 Å². The van der Waals surface area contributed by atoms with Gasteiger partial charge in [0.15, 0.2) is 0 Å². The van der Waals surface area contributed by atoms with Crippen LogP contribution in [-0.2, 0) is 16.1 Å². The van der Waals surface area contributed by atoms with Crippen LogP contribution in [0.2, 0.25) is 0 Å². The predicted octanol–water partition coefficient (Wildman–Crippen LogP) is -0.228. The Morgan fingerprint density at radius 3 is 2.73 bits per heavy atom. The number of hydrogen-bond acceptors (Lipinski definition) is 6. The third-order valence-electron chi connectivity index (χ3n) is 4.77. The molecule has 138 valence electrons. The van der Waals surface area contributed by atoms with E-state index < -0.39 is 23.8 Å². The number of amides is 4. The van der Waals surface area contributed by atoms with E-state index in [1.807, 2.05) is 6.92 Å². The van der Waals surface area contributed by atoms with Crippen molar-refractivity contribution in [3.05, 3.63) is 34.9 Å². The van der Waals surface area contributed by atoms with Gasteiger partial charge in [0.25, 0.3) is 11.8 Å². The number of nitrogens with zero attached hydrogens (tertiary/aromatic N) is 1. The van der Waals surface area contributed by atoms with Crippen LogP contribution in [-0.4, -0.2) is 47.7 Å². The molecule has 8 nitrogen and oxygen atoms in total. The lowest BCUT2D eigenvalue weighted by molar-refractivity contribution is -0.136. The molecule has 4 N–H and O–H groups in total. The summed E-state index contributed by atoms with van der Waals surface area (Å²) in [6.45, 7) is 3.69. The molecule has 1 aromatic carbocycles. The first kappa shape index (κ1) is 18.2. The molecule has 0 aliphatic carbocycles. The average Bonchev–Trinajstić information content (AvgIpc) is 2.87. The van der Waals surface area contributed by atoms with Crippen molar-refractivity contribution in [3.63, 3.8) is 0 Å². The van der Waals surface area contributed by atoms with E-state index >= 15 is 0 Å². The van der Waals surface area contributed by atoms with Crippen molar-refractivity contribution in [2.24, 2.45) is 11.7 Å². The first-order chi connectivity index (χ1) is 12.4. The molecule has 0 aromatic heterocycles. The molecule has 0 spiro atoms. The van der Waals surface area contributed by atoms with Crippen molar-refractivity contribution in [3.8, 4) is 0 Å². The van der Waals surface area contributed by atoms with Gasteiger partial charge in [-0.05, 0) is 37.1 Å². The van der Waals surface area contributed by atoms with Gasteiger partial charge in [0, 0.05) is 13.0 Å². The molecule has 2 heterocycles. The maximum Gasteiger partial charge on any atom is 0.262 e. The van der Waals surface area contributed by atoms with Gasteiger partial charge in [-0.3, -0.25) is 29.4 Å². The standard InChI is InChI=1S/C18H22N4O4/c1-10(7-19)8-20-9-11-3-2-4-12-15(11)18(26)22(17(12)25)13-5-6-14(23)21-16(13)24/h2-4,10,13,20H,5-9,19H2,1H3,(H,21,23,24)/t10-,13?/m0/s1. The number of fused-ring (bicyclic) bond motifs is 1. The lowest BCUT2D eigenvalue weighted by Crippen LogP contribution is -2.54. The zero-order chi connectivity index (χ0) is 18.8. The van der Waals surface area contributed by atoms with E-state index in [1.165, 1.54) is 0 Å². The Labute approximate surface area is 151 Å². The number of carbonyl (C=O) groups excluding carboxylic acids is 4. The fraction of sp³-hybridized carbons (Fsp3) is 0.444. The Hall–Kier alpha value is -2.58. The van der Waals surface area contributed by atoms with Gasteiger partial charge >= 0.3 is 0 Å². The minimum atomic E-state index is -0.946. The fourth-order valence-electron chi connectivity index (χ4n) is 3.27. The van der Waals surface area contributed by atoms with Gasteiger partial charge in [-0.15, -0.1) is 0 Å². The second-order valence-corrected chi connectivity index (χ2v) is 6.76. The van der Waals surface area contributed by atoms with Crippen LogP contribution < -0.4 is 16.4 Å². The van der Waals surface area contributed by atoms with Crippen LogP contribution in [0.5, 0.6) is 0 Å². The van der Waals surface area contributed by atoms with Gasteiger partial charge in [0.05, 0.1) is 11.1 Å². The number of hydrogen-bond donors (Lipinski definition) is 3. The third-order valence-corrected chi connectivity index (χ3v) is 4.77. The Balaban J connectivity index is 1.82. The molecule has 1 saturated heterocycles. The summed E-state index contributed by atoms with van der Waals surface area (Å²) in [5, 5.41) is 5.43. The van der Waals surface area contributed by atoms with Gasteiger partial charge in [-0.2, -0.15) is 0 Å². The summed E-state index contributed by atoms with van der Waals surface area (Å²) >= 11 is 0. The first-order valence-corrected chi connectivity index (χ1v) is 8.68. The number of nitrogens with two attached hydrogens (primary N) is 1. The number of carbonyl (C=O) groups is 4. The second-order valence-electron chi connectivity index (χ2n) is 6.76. The number of benzene rings is 1. The molecule has 2 aliphatic heterocycles. The number of rotatable bonds is 6. The summed E-state index contributed by atoms with van der Waals surface area (Å²) in [7, 11) is 0. The lowest BCUT2D eigenvalue weighted by Gasteiger charge is -2.27. The summed E-state index contributed by atoms with van der Waals surface area (Å²) in [4.78, 5) is 50.0. The molecule has 26 heavy (non-hydrogen) atoms. The maximum absolute atomic E-state index is 12.9. The molecule has 2 aliphatic rings. The quantitative estimate of drug-likeness (QED) is 0.604. The second kappa shape index (κ2) is 7.35. The highest BCUT2D eigenvalue weighted by molar-refractivity contribution is 6.24. The van der Waals surface area contributed by atoms with Gasteiger partial charge in [0.1, 0.15) is 6.04 Å². The molecule has 2 atom stereocenters. The van der Waals surface area contributed by atoms with Gasteiger partial charge < -0.3 is 11.1 Å². The van der Waals surface area contributed by atoms with Crippen molar-refractivity contribution in [1.29, 1.82) is 0 Å². The van der Waals surface area contributed by atoms with Crippen molar-refractivity contribution >= 4 is 23.6 Å². The van der Waals surface area contributed by atoms with Crippen LogP contribution in [0.15, 0.2) is 18.2 Å². The minimum Gasteiger partial charge on any atom is -0.330 e. The van der Waals surface area contributed by atoms with Gasteiger partial charge in [-0.1, -0.05) is 19.1 Å². The number of piperidine rings is 1. The lowest BCUT2D eigenvalue weighted by atomic mass is 10.0. The third kappa shape index (κ3) is 3.25. The topological polar surface area (TPSA) is 122 Å². The van der Waals surface area contributed by atoms with Crippen LogP contribution >= 0.6 is 0 Å². The van der Waals surface area contributed by atoms with Crippen molar-refractivity contribution < 1.29 is 19.2 Å². The summed E-state index contributed by atoms with van der Waals surface area (Å²) in [5.41, 5.74) is 6.93. The predicted molar refractivity (Wildman–Crippen MR) is 93.0 cm³/mol. The van der Waals surface area contributed by atoms with E-state index in [4.69, 9.17) is 5.73 Å². The highest BCUT2D eigenvalue weighted by Gasteiger charge is 2.45. The van der Waals surface area contributed by atoms with Gasteiger partial charge in [-0.25, -0.2) is 0 Å². The molecule has 0 saturated carbocycles. The fourth-order valence-corrected chi connectivity index (χ4v) is 3.27. The first-order valence-electron chi connectivity index (χ1n) is 8.68. The Bertz CT molecular complexity index is 776. The largest absolute Gasteiger partial charge is 0.330 e. The Morgan fingerprint density at radius 1 is 1.27 bits per heavy atom. The molecular weight excluding hydrogens is 336 g/mol. The maximum atomic E-state index is 12.9. The molecule has 3 rings (SSSR count). The Kier molecular flexibility index (Phi) is 5.15. The summed E-state index contributed by atoms with van der Waals surface area (Å²) in [6, 6.07) is 4.16. The van der Waals surface area contributed by atoms with E-state index in [9.17, 15) is 19.2 Å². The molecule has 1 aromatic rings. The smallest absolute Gasteiger partial charge is 0.262 e. The normalized spacial score (nSPS) is 21.0. The highest BCUT2D eigenvalue weighted by atomic mass is 16.2. The molecule has 1 unspecified atom stereocenters. The Morgan fingerprint density at radius 2 is 2.04 bits per heavy atom. The van der Waals surface area contributed by atoms with Crippen LogP contribution in [0, 0.1) is 5.92 Å². The number of imide groups is 2. The van der Waals surface area contributed by atoms with Crippen molar-refractivity contribution in [1.82, 2.24) is 15.5 Å². The van der Waals surface area contributed by atoms with Crippen LogP contribution in [0.3, 0.4) is 0 Å². The monoisotopic (exact) mass is 358 g/mol. The summed E-state index contributed by atoms with van der Waals surface area (Å²) in [5.74, 6) is -1.67. The molecule has 8 heteroatoms. The van der Waals surface area contributed by atoms with Gasteiger partial charge in [0.2, 0.25) is 11.8 Å². The molecular formula is C18H22N4O4. The van der Waals surface area contributed by atoms with E-state index in [2.05, 4.69) is 10.6 Å². The average molecular weight is 358 g/mol. The minimum absolute atomic E-state index is 0.106. The van der Waals surface area contributed by atoms with Crippen molar-refractivity contribution in [2.75, 3.05) is 13.1 Å².